The predicted octanol–water partition coefficient (Wildman–Crippen LogP) is 2.76. The molecule has 0 saturated carbocycles. The van der Waals surface area contributed by atoms with Crippen LogP contribution in [0, 0.1) is 0 Å². The van der Waals surface area contributed by atoms with Crippen molar-refractivity contribution in [3.8, 4) is 0 Å². The Bertz CT molecular complexity index is 359. The molecule has 4 heteroatoms. The summed E-state index contributed by atoms with van der Waals surface area (Å²) in [5.41, 5.74) is 1.67. The Morgan fingerprint density at radius 2 is 1.94 bits per heavy atom. The summed E-state index contributed by atoms with van der Waals surface area (Å²) >= 11 is 0. The Labute approximate surface area is 108 Å². The van der Waals surface area contributed by atoms with E-state index in [0.29, 0.717) is 18.6 Å². The molecule has 1 aromatic carbocycles. The first-order chi connectivity index (χ1) is 8.67. The molecule has 0 N–H and O–H groups in total. The molecule has 4 nitrogen and oxygen atoms in total. The average molecular weight is 252 g/mol. The van der Waals surface area contributed by atoms with Gasteiger partial charge in [-0.15, -0.1) is 0 Å². The highest BCUT2D eigenvalue weighted by molar-refractivity contribution is 5.88. The van der Waals surface area contributed by atoms with E-state index in [4.69, 9.17) is 14.5 Å². The maximum atomic E-state index is 11.6. The Balaban J connectivity index is 2.31. The van der Waals surface area contributed by atoms with Crippen molar-refractivity contribution in [2.24, 2.45) is 0 Å². The fraction of sp³-hybridized carbons (Fsp3) is 0.500. The first kappa shape index (κ1) is 14.7. The lowest BCUT2D eigenvalue weighted by Crippen LogP contribution is -2.12. The van der Waals surface area contributed by atoms with E-state index < -0.39 is 5.97 Å². The largest absolute Gasteiger partial charge is 0.382 e. The fourth-order valence-electron chi connectivity index (χ4n) is 1.35. The molecule has 0 fully saturated rings. The first-order valence-corrected chi connectivity index (χ1v) is 6.13. The van der Waals surface area contributed by atoms with Crippen LogP contribution in [0.1, 0.15) is 36.2 Å². The highest BCUT2D eigenvalue weighted by Gasteiger charge is 2.08. The molecule has 0 aliphatic heterocycles. The molecule has 18 heavy (non-hydrogen) atoms. The molecular formula is C14H20O4. The summed E-state index contributed by atoms with van der Waals surface area (Å²) in [6.07, 6.45) is 1.71. The number of ether oxygens (including phenoxy) is 1. The summed E-state index contributed by atoms with van der Waals surface area (Å²) in [5, 5.41) is 0. The highest BCUT2D eigenvalue weighted by Crippen LogP contribution is 2.07. The number of rotatable bonds is 7. The summed E-state index contributed by atoms with van der Waals surface area (Å²) in [6.45, 7) is 4.32. The summed E-state index contributed by atoms with van der Waals surface area (Å²) in [7, 11) is 1.63. The Hall–Kier alpha value is -1.39. The van der Waals surface area contributed by atoms with Crippen molar-refractivity contribution in [1.29, 1.82) is 0 Å². The number of carbonyl (C=O) groups excluding carboxylic acids is 1. The zero-order valence-electron chi connectivity index (χ0n) is 11.1. The van der Waals surface area contributed by atoms with E-state index in [1.54, 1.807) is 19.2 Å². The topological polar surface area (TPSA) is 44.8 Å². The Morgan fingerprint density at radius 1 is 1.28 bits per heavy atom. The van der Waals surface area contributed by atoms with Gasteiger partial charge < -0.3 is 4.74 Å². The van der Waals surface area contributed by atoms with E-state index in [9.17, 15) is 4.79 Å². The van der Waals surface area contributed by atoms with Crippen molar-refractivity contribution in [3.63, 3.8) is 0 Å². The number of carbonyl (C=O) groups is 1. The minimum Gasteiger partial charge on any atom is -0.382 e. The van der Waals surface area contributed by atoms with E-state index in [1.165, 1.54) is 5.56 Å². The number of aryl methyl sites for hydroxylation is 1. The molecule has 0 aliphatic carbocycles. The average Bonchev–Trinajstić information content (AvgIpc) is 2.43. The van der Waals surface area contributed by atoms with Crippen LogP contribution in [0.4, 0.5) is 0 Å². The molecule has 0 saturated heterocycles. The standard InChI is InChI=1S/C14H20O4/c1-4-12-5-7-13(8-6-12)14(15)18-17-10-9-11(2)16-3/h5-8,11H,4,9-10H2,1-3H3. The van der Waals surface area contributed by atoms with Crippen molar-refractivity contribution < 1.29 is 19.3 Å². The van der Waals surface area contributed by atoms with Crippen LogP contribution in [0.5, 0.6) is 0 Å². The maximum absolute atomic E-state index is 11.6. The van der Waals surface area contributed by atoms with Gasteiger partial charge in [-0.2, -0.15) is 4.89 Å². The molecule has 0 aromatic heterocycles. The summed E-state index contributed by atoms with van der Waals surface area (Å²) < 4.78 is 5.05. The van der Waals surface area contributed by atoms with E-state index in [1.807, 2.05) is 19.1 Å². The van der Waals surface area contributed by atoms with Gasteiger partial charge in [0, 0.05) is 13.5 Å². The van der Waals surface area contributed by atoms with Gasteiger partial charge in [-0.3, -0.25) is 4.89 Å². The molecule has 1 unspecified atom stereocenters. The molecule has 100 valence electrons. The molecule has 0 heterocycles. The number of hydrogen-bond acceptors (Lipinski definition) is 4. The van der Waals surface area contributed by atoms with E-state index in [2.05, 4.69) is 6.92 Å². The van der Waals surface area contributed by atoms with Crippen molar-refractivity contribution in [2.45, 2.75) is 32.8 Å². The van der Waals surface area contributed by atoms with E-state index in [0.717, 1.165) is 6.42 Å². The Kier molecular flexibility index (Phi) is 6.39. The summed E-state index contributed by atoms with van der Waals surface area (Å²) in [6, 6.07) is 7.29. The van der Waals surface area contributed by atoms with Crippen LogP contribution in [0.15, 0.2) is 24.3 Å². The van der Waals surface area contributed by atoms with Gasteiger partial charge in [-0.1, -0.05) is 19.1 Å². The third-order valence-electron chi connectivity index (χ3n) is 2.74. The van der Waals surface area contributed by atoms with Gasteiger partial charge in [-0.05, 0) is 31.0 Å². The van der Waals surface area contributed by atoms with Crippen LogP contribution in [-0.2, 0) is 20.9 Å². The number of hydrogen-bond donors (Lipinski definition) is 0. The molecule has 0 aliphatic rings. The quantitative estimate of drug-likeness (QED) is 0.425. The van der Waals surface area contributed by atoms with Gasteiger partial charge in [0.2, 0.25) is 0 Å². The second-order valence-electron chi connectivity index (χ2n) is 4.08. The van der Waals surface area contributed by atoms with Crippen LogP contribution < -0.4 is 0 Å². The van der Waals surface area contributed by atoms with Gasteiger partial charge in [0.05, 0.1) is 18.3 Å². The minimum absolute atomic E-state index is 0.0903. The molecule has 1 atom stereocenters. The lowest BCUT2D eigenvalue weighted by molar-refractivity contribution is -0.244. The second-order valence-corrected chi connectivity index (χ2v) is 4.08. The monoisotopic (exact) mass is 252 g/mol. The van der Waals surface area contributed by atoms with Crippen molar-refractivity contribution >= 4 is 5.97 Å². The lowest BCUT2D eigenvalue weighted by atomic mass is 10.1. The maximum Gasteiger partial charge on any atom is 0.373 e. The molecule has 0 bridgehead atoms. The van der Waals surface area contributed by atoms with Crippen LogP contribution >= 0.6 is 0 Å². The normalized spacial score (nSPS) is 12.2. The van der Waals surface area contributed by atoms with E-state index >= 15 is 0 Å². The van der Waals surface area contributed by atoms with Crippen molar-refractivity contribution in [3.05, 3.63) is 35.4 Å². The molecular weight excluding hydrogens is 232 g/mol. The highest BCUT2D eigenvalue weighted by atomic mass is 17.2. The van der Waals surface area contributed by atoms with Gasteiger partial charge >= 0.3 is 5.97 Å². The van der Waals surface area contributed by atoms with Gasteiger partial charge in [0.25, 0.3) is 0 Å². The third kappa shape index (κ3) is 4.85. The molecule has 1 aromatic rings. The molecule has 0 spiro atoms. The molecule has 0 radical (unpaired) electrons. The van der Waals surface area contributed by atoms with Crippen LogP contribution in [0.25, 0.3) is 0 Å². The number of benzene rings is 1. The molecule has 1 rings (SSSR count). The zero-order valence-corrected chi connectivity index (χ0v) is 11.1. The predicted molar refractivity (Wildman–Crippen MR) is 68.3 cm³/mol. The molecule has 0 amide bonds. The van der Waals surface area contributed by atoms with Crippen LogP contribution in [0.3, 0.4) is 0 Å². The Morgan fingerprint density at radius 3 is 2.50 bits per heavy atom. The van der Waals surface area contributed by atoms with Gasteiger partial charge in [0.1, 0.15) is 0 Å². The SMILES string of the molecule is CCc1ccc(C(=O)OOCCC(C)OC)cc1. The van der Waals surface area contributed by atoms with Crippen LogP contribution in [0.2, 0.25) is 0 Å². The second kappa shape index (κ2) is 7.84. The summed E-state index contributed by atoms with van der Waals surface area (Å²) in [4.78, 5) is 21.1. The van der Waals surface area contributed by atoms with Gasteiger partial charge in [-0.25, -0.2) is 4.79 Å². The van der Waals surface area contributed by atoms with Crippen molar-refractivity contribution in [2.75, 3.05) is 13.7 Å². The van der Waals surface area contributed by atoms with E-state index in [-0.39, 0.29) is 6.10 Å². The minimum atomic E-state index is -0.470. The van der Waals surface area contributed by atoms with Crippen LogP contribution in [-0.4, -0.2) is 25.8 Å². The lowest BCUT2D eigenvalue weighted by Gasteiger charge is -2.08. The smallest absolute Gasteiger partial charge is 0.373 e. The zero-order chi connectivity index (χ0) is 13.4. The van der Waals surface area contributed by atoms with Crippen molar-refractivity contribution in [1.82, 2.24) is 0 Å². The third-order valence-corrected chi connectivity index (χ3v) is 2.74. The van der Waals surface area contributed by atoms with Gasteiger partial charge in [0.15, 0.2) is 0 Å². The fourth-order valence-corrected chi connectivity index (χ4v) is 1.35. The summed E-state index contributed by atoms with van der Waals surface area (Å²) in [5.74, 6) is -0.470. The first-order valence-electron chi connectivity index (χ1n) is 6.13. The number of methoxy groups -OCH3 is 1.